The zero-order valence-electron chi connectivity index (χ0n) is 41.6. The third kappa shape index (κ3) is 18.8. The molecule has 0 unspecified atom stereocenters. The molecule has 2 aliphatic rings. The number of ether oxygens (including phenoxy) is 4. The molecular formula is C50H77N7O11. The van der Waals surface area contributed by atoms with Gasteiger partial charge in [-0.3, -0.25) is 24.0 Å². The van der Waals surface area contributed by atoms with Crippen molar-refractivity contribution in [1.29, 1.82) is 0 Å². The van der Waals surface area contributed by atoms with Gasteiger partial charge in [0.2, 0.25) is 23.6 Å². The molecule has 68 heavy (non-hydrogen) atoms. The molecule has 1 aliphatic carbocycles. The average Bonchev–Trinajstić information content (AvgIpc) is 3.75. The zero-order chi connectivity index (χ0) is 50.0. The third-order valence-corrected chi connectivity index (χ3v) is 11.6. The zero-order valence-corrected chi connectivity index (χ0v) is 41.6. The second-order valence-corrected chi connectivity index (χ2v) is 20.1. The molecule has 1 aliphatic heterocycles. The van der Waals surface area contributed by atoms with Crippen molar-refractivity contribution in [2.45, 2.75) is 174 Å². The molecule has 2 aromatic carbocycles. The summed E-state index contributed by atoms with van der Waals surface area (Å²) < 4.78 is 22.9. The maximum absolute atomic E-state index is 14.2. The molecule has 0 bridgehead atoms. The highest BCUT2D eigenvalue weighted by molar-refractivity contribution is 5.95. The van der Waals surface area contributed by atoms with Crippen LogP contribution in [0.4, 0.5) is 9.59 Å². The summed E-state index contributed by atoms with van der Waals surface area (Å²) in [4.78, 5) is 95.2. The van der Waals surface area contributed by atoms with Crippen LogP contribution >= 0.6 is 0 Å². The summed E-state index contributed by atoms with van der Waals surface area (Å²) in [5.41, 5.74) is -1.33. The van der Waals surface area contributed by atoms with Crippen LogP contribution in [0.2, 0.25) is 0 Å². The Morgan fingerprint density at radius 1 is 0.721 bits per heavy atom. The molecule has 4 rings (SSSR count). The minimum Gasteiger partial charge on any atom is -0.483 e. The molecule has 1 saturated carbocycles. The van der Waals surface area contributed by atoms with E-state index in [1.54, 1.807) is 52.5 Å². The summed E-state index contributed by atoms with van der Waals surface area (Å²) in [7, 11) is 0. The van der Waals surface area contributed by atoms with Gasteiger partial charge in [-0.1, -0.05) is 69.5 Å². The van der Waals surface area contributed by atoms with E-state index in [-0.39, 0.29) is 32.2 Å². The highest BCUT2D eigenvalue weighted by atomic mass is 16.6. The van der Waals surface area contributed by atoms with Gasteiger partial charge in [-0.2, -0.15) is 0 Å². The van der Waals surface area contributed by atoms with Crippen LogP contribution in [-0.2, 0) is 38.2 Å². The molecule has 0 spiro atoms. The smallest absolute Gasteiger partial charge is 0.407 e. The highest BCUT2D eigenvalue weighted by Crippen LogP contribution is 2.26. The Labute approximate surface area is 401 Å². The Hall–Kier alpha value is -5.65. The van der Waals surface area contributed by atoms with Gasteiger partial charge in [-0.25, -0.2) is 9.59 Å². The molecule has 2 aromatic rings. The van der Waals surface area contributed by atoms with E-state index in [2.05, 4.69) is 31.9 Å². The first-order valence-electron chi connectivity index (χ1n) is 24.3. The molecule has 1 heterocycles. The van der Waals surface area contributed by atoms with Crippen molar-refractivity contribution in [2.24, 2.45) is 5.92 Å². The average molecular weight is 952 g/mol. The van der Waals surface area contributed by atoms with Crippen LogP contribution in [0.5, 0.6) is 5.75 Å². The molecule has 18 heteroatoms. The molecule has 378 valence electrons. The van der Waals surface area contributed by atoms with E-state index < -0.39 is 95.7 Å². The van der Waals surface area contributed by atoms with Crippen LogP contribution in [0.1, 0.15) is 127 Å². The Morgan fingerprint density at radius 3 is 2.12 bits per heavy atom. The molecule has 0 aromatic heterocycles. The van der Waals surface area contributed by atoms with Gasteiger partial charge in [0.1, 0.15) is 36.1 Å². The predicted octanol–water partition coefficient (Wildman–Crippen LogP) is 5.39. The monoisotopic (exact) mass is 952 g/mol. The Bertz CT molecular complexity index is 2010. The fraction of sp³-hybridized carbons (Fsp3) is 0.660. The van der Waals surface area contributed by atoms with Gasteiger partial charge in [0.25, 0.3) is 5.91 Å². The van der Waals surface area contributed by atoms with Gasteiger partial charge >= 0.3 is 12.2 Å². The summed E-state index contributed by atoms with van der Waals surface area (Å²) in [5.74, 6) is -2.85. The Balaban J connectivity index is 1.38. The largest absolute Gasteiger partial charge is 0.483 e. The van der Waals surface area contributed by atoms with E-state index in [0.29, 0.717) is 38.0 Å². The number of alkyl carbamates (subject to hydrolysis) is 2. The number of nitrogens with zero attached hydrogens (tertiary/aromatic N) is 1. The Kier molecular flexibility index (Phi) is 21.2. The fourth-order valence-corrected chi connectivity index (χ4v) is 8.35. The summed E-state index contributed by atoms with van der Waals surface area (Å²) in [5, 5.41) is 18.3. The van der Waals surface area contributed by atoms with Crippen LogP contribution in [0.25, 0.3) is 10.8 Å². The minimum atomic E-state index is -1.14. The summed E-state index contributed by atoms with van der Waals surface area (Å²) in [6.07, 6.45) is 5.57. The van der Waals surface area contributed by atoms with Crippen LogP contribution in [-0.4, -0.2) is 127 Å². The second kappa shape index (κ2) is 26.2. The maximum Gasteiger partial charge on any atom is 0.407 e. The lowest BCUT2D eigenvalue weighted by Crippen LogP contribution is -2.59. The SMILES string of the molecule is CC(C)[C@H](NC(=O)[C@H](CCCCNC(=O)OC(C)(C)C)NC(=O)COc1cccc2ccccc12)C(=O)NCC(=O)N[C@H](C(=O)N1CCC[C@H]1COC(=O)NC1CCCCC1)[C@@H](C)OC(C)(C)C. The molecule has 5 atom stereocenters. The molecule has 6 N–H and O–H groups in total. The number of nitrogens with one attached hydrogen (secondary N) is 6. The lowest BCUT2D eigenvalue weighted by molar-refractivity contribution is -0.146. The van der Waals surface area contributed by atoms with Gasteiger partial charge in [0, 0.05) is 24.5 Å². The lowest BCUT2D eigenvalue weighted by Gasteiger charge is -2.34. The van der Waals surface area contributed by atoms with Gasteiger partial charge in [0.15, 0.2) is 6.61 Å². The van der Waals surface area contributed by atoms with Crippen LogP contribution in [0.15, 0.2) is 42.5 Å². The van der Waals surface area contributed by atoms with Crippen molar-refractivity contribution in [3.8, 4) is 5.75 Å². The predicted molar refractivity (Wildman–Crippen MR) is 258 cm³/mol. The lowest BCUT2D eigenvalue weighted by atomic mass is 9.96. The van der Waals surface area contributed by atoms with Crippen molar-refractivity contribution in [3.63, 3.8) is 0 Å². The maximum atomic E-state index is 14.2. The topological polar surface area (TPSA) is 232 Å². The number of fused-ring (bicyclic) bond motifs is 1. The van der Waals surface area contributed by atoms with E-state index in [1.165, 1.54) is 0 Å². The number of rotatable bonds is 22. The standard InChI is InChI=1S/C50H77N7O11/c1-32(2)42(56-44(60)38(25-15-16-27-51-47(63)68-50(7,8)9)54-41(59)31-65-39-26-17-20-34-19-13-14-24-37(34)39)45(61)52-29-40(58)55-43(33(3)67-49(4,5)6)46(62)57-28-18-23-36(57)30-66-48(64)53-35-21-11-10-12-22-35/h13-14,17,19-20,24,26,32-33,35-36,38,42-43H,10-12,15-16,18,21-23,25,27-31H2,1-9H3,(H,51,63)(H,52,61)(H,53,64)(H,54,59)(H,55,58)(H,56,60)/t33-,36+,38+,42+,43+/m1/s1. The van der Waals surface area contributed by atoms with Crippen molar-refractivity contribution in [1.82, 2.24) is 36.8 Å². The third-order valence-electron chi connectivity index (χ3n) is 11.6. The van der Waals surface area contributed by atoms with Crippen molar-refractivity contribution >= 4 is 52.5 Å². The number of amides is 7. The normalized spacial score (nSPS) is 17.3. The Morgan fingerprint density at radius 2 is 1.43 bits per heavy atom. The van der Waals surface area contributed by atoms with Crippen molar-refractivity contribution < 1.29 is 52.5 Å². The quantitative estimate of drug-likeness (QED) is 0.0820. The first-order valence-corrected chi connectivity index (χ1v) is 24.3. The number of benzene rings is 2. The summed E-state index contributed by atoms with van der Waals surface area (Å²) in [6, 6.07) is 9.44. The number of carbonyl (C=O) groups excluding carboxylic acids is 7. The molecule has 18 nitrogen and oxygen atoms in total. The number of carbonyl (C=O) groups is 7. The summed E-state index contributed by atoms with van der Waals surface area (Å²) in [6.45, 7) is 15.7. The van der Waals surface area contributed by atoms with E-state index in [1.807, 2.05) is 57.2 Å². The molecule has 0 radical (unpaired) electrons. The minimum absolute atomic E-state index is 0.00652. The molecular weight excluding hydrogens is 875 g/mol. The first kappa shape index (κ1) is 55.0. The van der Waals surface area contributed by atoms with Crippen molar-refractivity contribution in [2.75, 3.05) is 32.8 Å². The van der Waals surface area contributed by atoms with Crippen LogP contribution in [0.3, 0.4) is 0 Å². The van der Waals surface area contributed by atoms with Crippen LogP contribution in [0, 0.1) is 5.92 Å². The molecule has 1 saturated heterocycles. The van der Waals surface area contributed by atoms with Gasteiger partial charge in [-0.05, 0) is 111 Å². The van der Waals surface area contributed by atoms with Crippen molar-refractivity contribution in [3.05, 3.63) is 42.5 Å². The van der Waals surface area contributed by atoms with E-state index in [9.17, 15) is 33.6 Å². The molecule has 2 fully saturated rings. The van der Waals surface area contributed by atoms with E-state index >= 15 is 0 Å². The molecule has 7 amide bonds. The van der Waals surface area contributed by atoms with Gasteiger partial charge < -0.3 is 55.7 Å². The second-order valence-electron chi connectivity index (χ2n) is 20.1. The van der Waals surface area contributed by atoms with Gasteiger partial charge in [0.05, 0.1) is 24.3 Å². The fourth-order valence-electron chi connectivity index (χ4n) is 8.35. The number of likely N-dealkylation sites (tertiary alicyclic amines) is 1. The number of hydrogen-bond donors (Lipinski definition) is 6. The number of hydrogen-bond acceptors (Lipinski definition) is 11. The number of unbranched alkanes of at least 4 members (excludes halogenated alkanes) is 1. The van der Waals surface area contributed by atoms with E-state index in [0.717, 1.165) is 42.9 Å². The van der Waals surface area contributed by atoms with Crippen LogP contribution < -0.4 is 36.6 Å². The highest BCUT2D eigenvalue weighted by Gasteiger charge is 2.39. The summed E-state index contributed by atoms with van der Waals surface area (Å²) >= 11 is 0. The van der Waals surface area contributed by atoms with E-state index in [4.69, 9.17) is 18.9 Å². The first-order chi connectivity index (χ1) is 32.1. The van der Waals surface area contributed by atoms with Gasteiger partial charge in [-0.15, -0.1) is 0 Å².